The second-order valence-electron chi connectivity index (χ2n) is 8.83. The number of fused-ring (bicyclic) bond motifs is 1. The van der Waals surface area contributed by atoms with E-state index < -0.39 is 25.0 Å². The highest BCUT2D eigenvalue weighted by Gasteiger charge is 2.37. The third-order valence-corrected chi connectivity index (χ3v) is 5.82. The van der Waals surface area contributed by atoms with Crippen molar-refractivity contribution in [3.05, 3.63) is 83.1 Å². The number of aliphatic imine (C=N–C) groups is 2. The Balaban J connectivity index is 1.44. The summed E-state index contributed by atoms with van der Waals surface area (Å²) in [6.07, 6.45) is -0.559. The van der Waals surface area contributed by atoms with Crippen LogP contribution in [0, 0.1) is 12.7 Å². The van der Waals surface area contributed by atoms with Crippen molar-refractivity contribution in [1.29, 1.82) is 0 Å². The predicted molar refractivity (Wildman–Crippen MR) is 128 cm³/mol. The number of aryl methyl sites for hydroxylation is 1. The standard InChI is InChI=1S/C26H21F4N5O2/c1-15-12-16(2-9-20(15)25(36)33-18-5-6-18)22-14-32-24-21(31-11-10-26(28,29)30)13-23(34-35(22)24)37-19-7-3-17(27)4-8-19/h2-4,7-9,12-14,18H,5-6,10-11H2,1H3/p+1. The van der Waals surface area contributed by atoms with Crippen LogP contribution in [0.15, 0.2) is 75.7 Å². The van der Waals surface area contributed by atoms with Crippen LogP contribution in [0.3, 0.4) is 0 Å². The van der Waals surface area contributed by atoms with Gasteiger partial charge in [0.25, 0.3) is 11.8 Å². The molecule has 0 spiro atoms. The fourth-order valence-electron chi connectivity index (χ4n) is 3.79. The summed E-state index contributed by atoms with van der Waals surface area (Å²) in [6.45, 7) is 1.33. The summed E-state index contributed by atoms with van der Waals surface area (Å²) in [5.74, 6) is -0.000172. The number of azo groups is 2. The second-order valence-corrected chi connectivity index (χ2v) is 8.83. The highest BCUT2D eigenvalue weighted by molar-refractivity contribution is 6.44. The molecular weight excluding hydrogens is 490 g/mol. The Bertz CT molecular complexity index is 1400. The number of amides is 1. The van der Waals surface area contributed by atoms with E-state index in [9.17, 15) is 22.4 Å². The predicted octanol–water partition coefficient (Wildman–Crippen LogP) is 5.53. The lowest BCUT2D eigenvalue weighted by molar-refractivity contribution is -0.374. The molecule has 37 heavy (non-hydrogen) atoms. The molecule has 0 bridgehead atoms. The molecule has 1 amide bonds. The third-order valence-electron chi connectivity index (χ3n) is 5.82. The van der Waals surface area contributed by atoms with Crippen LogP contribution in [0.1, 0.15) is 40.7 Å². The quantitative estimate of drug-likeness (QED) is 0.391. The van der Waals surface area contributed by atoms with Gasteiger partial charge in [-0.05, 0) is 77.9 Å². The molecule has 1 aliphatic carbocycles. The number of hydrogen-bond acceptors (Lipinski definition) is 5. The van der Waals surface area contributed by atoms with Crippen LogP contribution in [-0.4, -0.2) is 40.9 Å². The maximum absolute atomic E-state index is 13.3. The van der Waals surface area contributed by atoms with Crippen LogP contribution in [-0.2, 0) is 0 Å². The van der Waals surface area contributed by atoms with Gasteiger partial charge >= 0.3 is 12.0 Å². The minimum absolute atomic E-state index is 0.0428. The fraction of sp³-hybridized carbons (Fsp3) is 0.269. The number of rotatable bonds is 7. The molecule has 1 fully saturated rings. The van der Waals surface area contributed by atoms with Crippen LogP contribution in [0.5, 0.6) is 5.75 Å². The van der Waals surface area contributed by atoms with Crippen LogP contribution in [0.2, 0.25) is 0 Å². The average Bonchev–Trinajstić information content (AvgIpc) is 3.54. The molecule has 0 atom stereocenters. The zero-order valence-electron chi connectivity index (χ0n) is 19.7. The number of amidine groups is 1. The van der Waals surface area contributed by atoms with Gasteiger partial charge in [0.15, 0.2) is 11.9 Å². The smallest absolute Gasteiger partial charge is 0.390 e. The SMILES string of the molecule is Cc1cc(C2=CN=C3C(=NCCC(F)(F)F)C=C(Oc4ccc(F)cc4)N=[N+]23)ccc1C(=O)NC1CC1. The number of carbonyl (C=O) groups is 1. The number of nitrogens with one attached hydrogen (secondary N) is 1. The van der Waals surface area contributed by atoms with Crippen molar-refractivity contribution in [2.75, 3.05) is 6.54 Å². The zero-order valence-corrected chi connectivity index (χ0v) is 19.7. The molecule has 3 aliphatic rings. The number of halogens is 4. The molecule has 0 radical (unpaired) electrons. The van der Waals surface area contributed by atoms with E-state index in [0.717, 1.165) is 18.4 Å². The van der Waals surface area contributed by atoms with Gasteiger partial charge in [-0.25, -0.2) is 4.39 Å². The minimum Gasteiger partial charge on any atom is -0.436 e. The topological polar surface area (TPSA) is 78.4 Å². The van der Waals surface area contributed by atoms with Gasteiger partial charge in [0.05, 0.1) is 6.42 Å². The van der Waals surface area contributed by atoms with Crippen molar-refractivity contribution in [2.24, 2.45) is 15.1 Å². The minimum atomic E-state index is -4.36. The fourth-order valence-corrected chi connectivity index (χ4v) is 3.79. The zero-order chi connectivity index (χ0) is 26.2. The van der Waals surface area contributed by atoms with E-state index in [0.29, 0.717) is 16.8 Å². The molecule has 2 aromatic carbocycles. The summed E-state index contributed by atoms with van der Waals surface area (Å²) >= 11 is 0. The molecule has 0 saturated heterocycles. The summed E-state index contributed by atoms with van der Waals surface area (Å²) in [5.41, 5.74) is 2.70. The summed E-state index contributed by atoms with van der Waals surface area (Å²) < 4.78 is 58.6. The number of hydrogen-bond donors (Lipinski definition) is 1. The normalized spacial score (nSPS) is 18.0. The van der Waals surface area contributed by atoms with Gasteiger partial charge in [-0.1, -0.05) is 4.70 Å². The first-order valence-electron chi connectivity index (χ1n) is 11.6. The first-order chi connectivity index (χ1) is 17.7. The highest BCUT2D eigenvalue weighted by atomic mass is 19.4. The number of ether oxygens (including phenoxy) is 1. The lowest BCUT2D eigenvalue weighted by Crippen LogP contribution is -2.28. The van der Waals surface area contributed by atoms with Crippen molar-refractivity contribution >= 4 is 23.2 Å². The van der Waals surface area contributed by atoms with Gasteiger partial charge in [-0.2, -0.15) is 13.2 Å². The van der Waals surface area contributed by atoms with Gasteiger partial charge in [0.1, 0.15) is 11.6 Å². The lowest BCUT2D eigenvalue weighted by Gasteiger charge is -2.13. The van der Waals surface area contributed by atoms with Gasteiger partial charge in [-0.15, -0.1) is 0 Å². The van der Waals surface area contributed by atoms with Crippen LogP contribution in [0.4, 0.5) is 17.6 Å². The van der Waals surface area contributed by atoms with Crippen LogP contribution in [0.25, 0.3) is 5.70 Å². The van der Waals surface area contributed by atoms with Crippen LogP contribution < -0.4 is 10.1 Å². The largest absolute Gasteiger partial charge is 0.436 e. The van der Waals surface area contributed by atoms with E-state index in [1.807, 2.05) is 13.0 Å². The Morgan fingerprint density at radius 1 is 1.19 bits per heavy atom. The van der Waals surface area contributed by atoms with E-state index >= 15 is 0 Å². The molecule has 1 N–H and O–H groups in total. The maximum atomic E-state index is 13.3. The molecule has 1 saturated carbocycles. The molecular formula is C26H22F4N5O2+. The summed E-state index contributed by atoms with van der Waals surface area (Å²) in [4.78, 5) is 20.9. The lowest BCUT2D eigenvalue weighted by atomic mass is 10.0. The molecule has 2 aromatic rings. The Hall–Kier alpha value is -4.15. The van der Waals surface area contributed by atoms with E-state index in [1.54, 1.807) is 12.1 Å². The Labute approximate surface area is 209 Å². The molecule has 11 heteroatoms. The van der Waals surface area contributed by atoms with E-state index in [2.05, 4.69) is 20.4 Å². The number of alkyl halides is 3. The van der Waals surface area contributed by atoms with Crippen molar-refractivity contribution < 1.29 is 31.8 Å². The van der Waals surface area contributed by atoms with Crippen molar-refractivity contribution in [3.63, 3.8) is 0 Å². The van der Waals surface area contributed by atoms with Crippen LogP contribution >= 0.6 is 0 Å². The number of nitrogens with zero attached hydrogens (tertiary/aromatic N) is 4. The van der Waals surface area contributed by atoms with E-state index in [4.69, 9.17) is 4.74 Å². The first-order valence-corrected chi connectivity index (χ1v) is 11.6. The van der Waals surface area contributed by atoms with E-state index in [1.165, 1.54) is 41.2 Å². The van der Waals surface area contributed by atoms with Crippen molar-refractivity contribution in [1.82, 2.24) is 5.32 Å². The molecule has 0 aromatic heterocycles. The van der Waals surface area contributed by atoms with Gasteiger partial charge in [-0.3, -0.25) is 9.79 Å². The van der Waals surface area contributed by atoms with Crippen molar-refractivity contribution in [3.8, 4) is 5.75 Å². The molecule has 2 heterocycles. The molecule has 0 unspecified atom stereocenters. The highest BCUT2D eigenvalue weighted by Crippen LogP contribution is 2.29. The third kappa shape index (κ3) is 5.82. The van der Waals surface area contributed by atoms with Gasteiger partial charge in [0, 0.05) is 29.8 Å². The second kappa shape index (κ2) is 9.72. The van der Waals surface area contributed by atoms with E-state index in [-0.39, 0.29) is 35.1 Å². The summed E-state index contributed by atoms with van der Waals surface area (Å²) in [7, 11) is 0. The molecule has 190 valence electrons. The Kier molecular flexibility index (Phi) is 6.45. The molecule has 5 rings (SSSR count). The summed E-state index contributed by atoms with van der Waals surface area (Å²) in [5, 5.41) is 7.42. The number of benzene rings is 2. The van der Waals surface area contributed by atoms with Gasteiger partial charge < -0.3 is 10.1 Å². The Morgan fingerprint density at radius 3 is 2.62 bits per heavy atom. The summed E-state index contributed by atoms with van der Waals surface area (Å²) in [6, 6.07) is 10.8. The average molecular weight is 512 g/mol. The van der Waals surface area contributed by atoms with Gasteiger partial charge in [0.2, 0.25) is 5.70 Å². The monoisotopic (exact) mass is 512 g/mol. The first kappa shape index (κ1) is 24.5. The Morgan fingerprint density at radius 2 is 1.95 bits per heavy atom. The maximum Gasteiger partial charge on any atom is 0.390 e. The van der Waals surface area contributed by atoms with Crippen molar-refractivity contribution in [2.45, 2.75) is 38.4 Å². The number of carbonyl (C=O) groups excluding carboxylic acids is 1. The molecule has 7 nitrogen and oxygen atoms in total. The molecule has 2 aliphatic heterocycles.